The van der Waals surface area contributed by atoms with E-state index in [1.54, 1.807) is 30.3 Å². The number of urea groups is 1. The molecule has 162 valence electrons. The second-order valence-electron chi connectivity index (χ2n) is 6.96. The van der Waals surface area contributed by atoms with Crippen molar-refractivity contribution in [3.8, 4) is 0 Å². The van der Waals surface area contributed by atoms with Gasteiger partial charge in [0.2, 0.25) is 10.0 Å². The minimum Gasteiger partial charge on any atom is -0.336 e. The molecule has 6 nitrogen and oxygen atoms in total. The van der Waals surface area contributed by atoms with Crippen molar-refractivity contribution in [1.29, 1.82) is 0 Å². The van der Waals surface area contributed by atoms with Crippen molar-refractivity contribution in [2.45, 2.75) is 36.4 Å². The summed E-state index contributed by atoms with van der Waals surface area (Å²) in [5.74, 6) is 0. The first-order valence-corrected chi connectivity index (χ1v) is 10.9. The molecular weight excluding hydrogens is 419 g/mol. The number of amides is 2. The van der Waals surface area contributed by atoms with E-state index in [1.807, 2.05) is 0 Å². The number of nitrogens with one attached hydrogen (secondary N) is 2. The molecule has 0 aromatic heterocycles. The van der Waals surface area contributed by atoms with Gasteiger partial charge >= 0.3 is 12.2 Å². The fraction of sp³-hybridized carbons (Fsp3) is 0.350. The molecule has 3 rings (SSSR count). The number of nitrogens with zero attached hydrogens (tertiary/aromatic N) is 1. The summed E-state index contributed by atoms with van der Waals surface area (Å²) in [6.45, 7) is 0.0905. The van der Waals surface area contributed by atoms with Crippen LogP contribution in [0.2, 0.25) is 0 Å². The standard InChI is InChI=1S/C20H22F3N3O3S/c21-20(22,23)17-11-4-5-12-18(17)30(28,29)26-13-7-6-10-16(26)14-24-19(27)25-15-8-2-1-3-9-15/h1-5,8-9,11-12,16H,6-7,10,13-14H2,(H2,24,25,27). The molecule has 1 aliphatic rings. The SMILES string of the molecule is O=C(NCC1CCCCN1S(=O)(=O)c1ccccc1C(F)(F)F)Nc1ccccc1. The number of sulfonamides is 1. The lowest BCUT2D eigenvalue weighted by atomic mass is 10.1. The monoisotopic (exact) mass is 441 g/mol. The predicted octanol–water partition coefficient (Wildman–Crippen LogP) is 4.07. The third-order valence-electron chi connectivity index (χ3n) is 4.88. The quantitative estimate of drug-likeness (QED) is 0.734. The number of alkyl halides is 3. The van der Waals surface area contributed by atoms with Crippen LogP contribution >= 0.6 is 0 Å². The molecule has 10 heteroatoms. The molecule has 1 unspecified atom stereocenters. The van der Waals surface area contributed by atoms with Gasteiger partial charge in [-0.25, -0.2) is 13.2 Å². The van der Waals surface area contributed by atoms with Gasteiger partial charge in [0.25, 0.3) is 0 Å². The average molecular weight is 441 g/mol. The summed E-state index contributed by atoms with van der Waals surface area (Å²) in [6.07, 6.45) is -3.08. The van der Waals surface area contributed by atoms with Crippen molar-refractivity contribution in [3.63, 3.8) is 0 Å². The molecule has 0 aliphatic carbocycles. The Bertz CT molecular complexity index is 982. The van der Waals surface area contributed by atoms with E-state index in [4.69, 9.17) is 0 Å². The summed E-state index contributed by atoms with van der Waals surface area (Å²) in [7, 11) is -4.39. The molecule has 0 spiro atoms. The number of benzene rings is 2. The first-order chi connectivity index (χ1) is 14.2. The molecule has 2 aromatic carbocycles. The van der Waals surface area contributed by atoms with Crippen LogP contribution in [0, 0.1) is 0 Å². The highest BCUT2D eigenvalue weighted by Crippen LogP contribution is 2.36. The van der Waals surface area contributed by atoms with Gasteiger partial charge in [-0.15, -0.1) is 0 Å². The van der Waals surface area contributed by atoms with Gasteiger partial charge in [-0.2, -0.15) is 17.5 Å². The maximum Gasteiger partial charge on any atom is 0.417 e. The van der Waals surface area contributed by atoms with Gasteiger partial charge in [0.05, 0.1) is 10.5 Å². The topological polar surface area (TPSA) is 78.5 Å². The summed E-state index contributed by atoms with van der Waals surface area (Å²) < 4.78 is 67.3. The molecule has 1 atom stereocenters. The van der Waals surface area contributed by atoms with E-state index in [0.717, 1.165) is 28.9 Å². The van der Waals surface area contributed by atoms with E-state index in [2.05, 4.69) is 10.6 Å². The van der Waals surface area contributed by atoms with Crippen LogP contribution in [0.1, 0.15) is 24.8 Å². The predicted molar refractivity (Wildman–Crippen MR) is 106 cm³/mol. The molecule has 30 heavy (non-hydrogen) atoms. The Balaban J connectivity index is 1.76. The minimum absolute atomic E-state index is 0.00786. The van der Waals surface area contributed by atoms with Crippen molar-refractivity contribution in [3.05, 3.63) is 60.2 Å². The lowest BCUT2D eigenvalue weighted by Gasteiger charge is -2.35. The van der Waals surface area contributed by atoms with Crippen LogP contribution in [-0.4, -0.2) is 37.9 Å². The number of hydrogen-bond acceptors (Lipinski definition) is 3. The fourth-order valence-electron chi connectivity index (χ4n) is 3.45. The van der Waals surface area contributed by atoms with Crippen LogP contribution in [-0.2, 0) is 16.2 Å². The molecule has 1 aliphatic heterocycles. The van der Waals surface area contributed by atoms with Crippen molar-refractivity contribution in [1.82, 2.24) is 9.62 Å². The first-order valence-electron chi connectivity index (χ1n) is 9.47. The summed E-state index contributed by atoms with van der Waals surface area (Å²) in [6, 6.07) is 11.7. The lowest BCUT2D eigenvalue weighted by Crippen LogP contribution is -2.50. The zero-order valence-corrected chi connectivity index (χ0v) is 16.8. The Morgan fingerprint density at radius 2 is 1.70 bits per heavy atom. The number of hydrogen-bond donors (Lipinski definition) is 2. The summed E-state index contributed by atoms with van der Waals surface area (Å²) in [4.78, 5) is 11.4. The second kappa shape index (κ2) is 9.05. The van der Waals surface area contributed by atoms with Crippen LogP contribution in [0.25, 0.3) is 0 Å². The maximum atomic E-state index is 13.4. The van der Waals surface area contributed by atoms with Gasteiger partial charge in [-0.3, -0.25) is 0 Å². The molecule has 2 aromatic rings. The van der Waals surface area contributed by atoms with E-state index < -0.39 is 38.7 Å². The number of piperidine rings is 1. The molecule has 1 saturated heterocycles. The maximum absolute atomic E-state index is 13.4. The lowest BCUT2D eigenvalue weighted by molar-refractivity contribution is -0.139. The van der Waals surface area contributed by atoms with E-state index in [-0.39, 0.29) is 13.1 Å². The van der Waals surface area contributed by atoms with Gasteiger partial charge < -0.3 is 10.6 Å². The van der Waals surface area contributed by atoms with Crippen molar-refractivity contribution in [2.75, 3.05) is 18.4 Å². The average Bonchev–Trinajstić information content (AvgIpc) is 2.72. The van der Waals surface area contributed by atoms with Gasteiger partial charge in [0, 0.05) is 24.8 Å². The third kappa shape index (κ3) is 5.11. The number of carbonyl (C=O) groups excluding carboxylic acids is 1. The van der Waals surface area contributed by atoms with Crippen molar-refractivity contribution in [2.24, 2.45) is 0 Å². The number of carbonyl (C=O) groups is 1. The number of anilines is 1. The summed E-state index contributed by atoms with van der Waals surface area (Å²) in [5, 5.41) is 5.25. The van der Waals surface area contributed by atoms with Crippen molar-refractivity contribution >= 4 is 21.7 Å². The summed E-state index contributed by atoms with van der Waals surface area (Å²) >= 11 is 0. The smallest absolute Gasteiger partial charge is 0.336 e. The fourth-order valence-corrected chi connectivity index (χ4v) is 5.36. The van der Waals surface area contributed by atoms with Crippen LogP contribution < -0.4 is 10.6 Å². The van der Waals surface area contributed by atoms with Gasteiger partial charge in [0.15, 0.2) is 0 Å². The number of rotatable bonds is 5. The van der Waals surface area contributed by atoms with Gasteiger partial charge in [-0.05, 0) is 37.1 Å². The van der Waals surface area contributed by atoms with Crippen LogP contribution in [0.3, 0.4) is 0 Å². The molecule has 1 fully saturated rings. The third-order valence-corrected chi connectivity index (χ3v) is 6.89. The van der Waals surface area contributed by atoms with Crippen LogP contribution in [0.5, 0.6) is 0 Å². The minimum atomic E-state index is -4.79. The molecule has 2 N–H and O–H groups in total. The number of halogens is 3. The van der Waals surface area contributed by atoms with E-state index >= 15 is 0 Å². The van der Waals surface area contributed by atoms with Gasteiger partial charge in [-0.1, -0.05) is 36.8 Å². The largest absolute Gasteiger partial charge is 0.417 e. The van der Waals surface area contributed by atoms with Crippen LogP contribution in [0.4, 0.5) is 23.7 Å². The van der Waals surface area contributed by atoms with E-state index in [0.29, 0.717) is 18.5 Å². The zero-order valence-electron chi connectivity index (χ0n) is 16.0. The second-order valence-corrected chi connectivity index (χ2v) is 8.82. The Morgan fingerprint density at radius 1 is 1.03 bits per heavy atom. The van der Waals surface area contributed by atoms with Gasteiger partial charge in [0.1, 0.15) is 0 Å². The van der Waals surface area contributed by atoms with Crippen LogP contribution in [0.15, 0.2) is 59.5 Å². The highest BCUT2D eigenvalue weighted by molar-refractivity contribution is 7.89. The normalized spacial score (nSPS) is 18.0. The molecule has 0 bridgehead atoms. The Labute approximate surface area is 173 Å². The zero-order chi connectivity index (χ0) is 21.8. The molecule has 0 saturated carbocycles. The Morgan fingerprint density at radius 3 is 2.40 bits per heavy atom. The van der Waals surface area contributed by atoms with E-state index in [9.17, 15) is 26.4 Å². The van der Waals surface area contributed by atoms with Crippen molar-refractivity contribution < 1.29 is 26.4 Å². The molecular formula is C20H22F3N3O3S. The molecule has 1 heterocycles. The highest BCUT2D eigenvalue weighted by atomic mass is 32.2. The number of para-hydroxylation sites is 1. The summed E-state index contributed by atoms with van der Waals surface area (Å²) in [5.41, 5.74) is -0.619. The Kier molecular flexibility index (Phi) is 6.67. The highest BCUT2D eigenvalue weighted by Gasteiger charge is 2.41. The molecule has 0 radical (unpaired) electrons. The first kappa shape index (κ1) is 22.1. The van der Waals surface area contributed by atoms with E-state index in [1.165, 1.54) is 6.07 Å². The Hall–Kier alpha value is -2.59. The molecule has 2 amide bonds.